The number of rotatable bonds is 5. The smallest absolute Gasteiger partial charge is 0.335 e. The van der Waals surface area contributed by atoms with E-state index in [0.29, 0.717) is 11.5 Å². The van der Waals surface area contributed by atoms with Crippen LogP contribution in [-0.2, 0) is 6.54 Å². The van der Waals surface area contributed by atoms with Crippen molar-refractivity contribution in [1.82, 2.24) is 14.7 Å². The normalized spacial score (nSPS) is 17.7. The van der Waals surface area contributed by atoms with Gasteiger partial charge in [0.05, 0.1) is 11.3 Å². The Morgan fingerprint density at radius 2 is 2.04 bits per heavy atom. The third-order valence-electron chi connectivity index (χ3n) is 5.25. The predicted octanol–water partition coefficient (Wildman–Crippen LogP) is 3.95. The fourth-order valence-corrected chi connectivity index (χ4v) is 3.92. The Kier molecular flexibility index (Phi) is 5.03. The van der Waals surface area contributed by atoms with E-state index in [1.807, 2.05) is 35.1 Å². The summed E-state index contributed by atoms with van der Waals surface area (Å²) < 4.78 is 1.91. The molecule has 138 valence electrons. The van der Waals surface area contributed by atoms with Crippen LogP contribution in [0.25, 0.3) is 5.69 Å². The van der Waals surface area contributed by atoms with Crippen LogP contribution in [0.3, 0.4) is 0 Å². The van der Waals surface area contributed by atoms with Crippen molar-refractivity contribution in [3.05, 3.63) is 83.7 Å². The van der Waals surface area contributed by atoms with Crippen LogP contribution in [-0.4, -0.2) is 38.8 Å². The molecule has 0 radical (unpaired) electrons. The number of carboxylic acids is 1. The SMILES string of the molecule is O=C(O)c1cccc([C@H]2CCCN(Cc3ccccc3-n3cccn3)C2)c1. The first-order chi connectivity index (χ1) is 13.2. The molecule has 4 rings (SSSR count). The van der Waals surface area contributed by atoms with E-state index >= 15 is 0 Å². The Morgan fingerprint density at radius 3 is 2.85 bits per heavy atom. The van der Waals surface area contributed by atoms with Gasteiger partial charge in [0.25, 0.3) is 0 Å². The van der Waals surface area contributed by atoms with Crippen LogP contribution in [0, 0.1) is 0 Å². The van der Waals surface area contributed by atoms with Gasteiger partial charge in [-0.2, -0.15) is 5.10 Å². The topological polar surface area (TPSA) is 58.4 Å². The first kappa shape index (κ1) is 17.5. The Balaban J connectivity index is 1.52. The quantitative estimate of drug-likeness (QED) is 0.748. The maximum atomic E-state index is 11.3. The number of likely N-dealkylation sites (tertiary alicyclic amines) is 1. The second-order valence-corrected chi connectivity index (χ2v) is 7.08. The summed E-state index contributed by atoms with van der Waals surface area (Å²) >= 11 is 0. The van der Waals surface area contributed by atoms with E-state index in [1.165, 1.54) is 5.56 Å². The number of para-hydroxylation sites is 1. The van der Waals surface area contributed by atoms with Gasteiger partial charge in [-0.25, -0.2) is 9.48 Å². The minimum absolute atomic E-state index is 0.369. The summed E-state index contributed by atoms with van der Waals surface area (Å²) in [5.41, 5.74) is 3.85. The first-order valence-corrected chi connectivity index (χ1v) is 9.34. The number of hydrogen-bond donors (Lipinski definition) is 1. The van der Waals surface area contributed by atoms with Crippen molar-refractivity contribution in [3.63, 3.8) is 0 Å². The number of piperidine rings is 1. The third kappa shape index (κ3) is 3.93. The molecule has 0 aliphatic carbocycles. The molecule has 1 aromatic heterocycles. The van der Waals surface area contributed by atoms with E-state index in [0.717, 1.165) is 43.7 Å². The number of benzene rings is 2. The number of aromatic carboxylic acids is 1. The van der Waals surface area contributed by atoms with Crippen LogP contribution in [0.5, 0.6) is 0 Å². The molecule has 1 saturated heterocycles. The second kappa shape index (κ2) is 7.76. The molecule has 0 amide bonds. The van der Waals surface area contributed by atoms with Gasteiger partial charge in [0.1, 0.15) is 0 Å². The lowest BCUT2D eigenvalue weighted by Crippen LogP contribution is -2.34. The number of hydrogen-bond acceptors (Lipinski definition) is 3. The van der Waals surface area contributed by atoms with Crippen LogP contribution in [0.4, 0.5) is 0 Å². The highest BCUT2D eigenvalue weighted by Crippen LogP contribution is 2.29. The average molecular weight is 361 g/mol. The van der Waals surface area contributed by atoms with Crippen molar-refractivity contribution in [1.29, 1.82) is 0 Å². The highest BCUT2D eigenvalue weighted by molar-refractivity contribution is 5.87. The molecule has 1 fully saturated rings. The molecule has 1 aliphatic rings. The van der Waals surface area contributed by atoms with Crippen molar-refractivity contribution in [2.45, 2.75) is 25.3 Å². The number of aromatic nitrogens is 2. The van der Waals surface area contributed by atoms with Crippen molar-refractivity contribution in [3.8, 4) is 5.69 Å². The zero-order valence-corrected chi connectivity index (χ0v) is 15.2. The fourth-order valence-electron chi connectivity index (χ4n) is 3.92. The van der Waals surface area contributed by atoms with E-state index in [1.54, 1.807) is 12.3 Å². The summed E-state index contributed by atoms with van der Waals surface area (Å²) in [4.78, 5) is 13.7. The molecule has 0 unspecified atom stereocenters. The molecule has 0 bridgehead atoms. The molecule has 0 saturated carbocycles. The van der Waals surface area contributed by atoms with E-state index in [-0.39, 0.29) is 0 Å². The lowest BCUT2D eigenvalue weighted by Gasteiger charge is -2.33. The summed E-state index contributed by atoms with van der Waals surface area (Å²) in [6.07, 6.45) is 5.98. The van der Waals surface area contributed by atoms with Crippen LogP contribution < -0.4 is 0 Å². The van der Waals surface area contributed by atoms with E-state index in [2.05, 4.69) is 34.3 Å². The number of carbonyl (C=O) groups is 1. The Bertz CT molecular complexity index is 921. The van der Waals surface area contributed by atoms with Crippen LogP contribution in [0.2, 0.25) is 0 Å². The zero-order chi connectivity index (χ0) is 18.6. The van der Waals surface area contributed by atoms with Gasteiger partial charge >= 0.3 is 5.97 Å². The first-order valence-electron chi connectivity index (χ1n) is 9.34. The highest BCUT2D eigenvalue weighted by Gasteiger charge is 2.23. The minimum Gasteiger partial charge on any atom is -0.478 e. The Morgan fingerprint density at radius 1 is 1.15 bits per heavy atom. The third-order valence-corrected chi connectivity index (χ3v) is 5.25. The van der Waals surface area contributed by atoms with Gasteiger partial charge < -0.3 is 5.11 Å². The van der Waals surface area contributed by atoms with E-state index in [4.69, 9.17) is 0 Å². The molecule has 1 atom stereocenters. The van der Waals surface area contributed by atoms with Gasteiger partial charge in [-0.3, -0.25) is 4.90 Å². The van der Waals surface area contributed by atoms with Gasteiger partial charge in [-0.15, -0.1) is 0 Å². The minimum atomic E-state index is -0.863. The average Bonchev–Trinajstić information content (AvgIpc) is 3.23. The van der Waals surface area contributed by atoms with Crippen molar-refractivity contribution in [2.75, 3.05) is 13.1 Å². The van der Waals surface area contributed by atoms with Gasteiger partial charge in [0.2, 0.25) is 0 Å². The van der Waals surface area contributed by atoms with Crippen molar-refractivity contribution < 1.29 is 9.90 Å². The van der Waals surface area contributed by atoms with Crippen molar-refractivity contribution in [2.24, 2.45) is 0 Å². The summed E-state index contributed by atoms with van der Waals surface area (Å²) in [6, 6.07) is 17.7. The molecule has 5 heteroatoms. The summed E-state index contributed by atoms with van der Waals surface area (Å²) in [6.45, 7) is 2.87. The molecule has 0 spiro atoms. The fraction of sp³-hybridized carbons (Fsp3) is 0.273. The lowest BCUT2D eigenvalue weighted by molar-refractivity contribution is 0.0696. The molecule has 2 heterocycles. The van der Waals surface area contributed by atoms with E-state index in [9.17, 15) is 9.90 Å². The molecule has 1 N–H and O–H groups in total. The zero-order valence-electron chi connectivity index (χ0n) is 15.2. The number of nitrogens with zero attached hydrogens (tertiary/aromatic N) is 3. The maximum absolute atomic E-state index is 11.3. The molecular formula is C22H23N3O2. The maximum Gasteiger partial charge on any atom is 0.335 e. The largest absolute Gasteiger partial charge is 0.478 e. The Labute approximate surface area is 158 Å². The van der Waals surface area contributed by atoms with Crippen LogP contribution in [0.1, 0.15) is 40.2 Å². The van der Waals surface area contributed by atoms with E-state index < -0.39 is 5.97 Å². The molecule has 2 aromatic carbocycles. The van der Waals surface area contributed by atoms with Gasteiger partial charge in [0.15, 0.2) is 0 Å². The molecule has 5 nitrogen and oxygen atoms in total. The van der Waals surface area contributed by atoms with Crippen LogP contribution >= 0.6 is 0 Å². The second-order valence-electron chi connectivity index (χ2n) is 7.08. The van der Waals surface area contributed by atoms with Gasteiger partial charge in [-0.1, -0.05) is 30.3 Å². The molecular weight excluding hydrogens is 338 g/mol. The Hall–Kier alpha value is -2.92. The molecule has 3 aromatic rings. The monoisotopic (exact) mass is 361 g/mol. The summed E-state index contributed by atoms with van der Waals surface area (Å²) in [7, 11) is 0. The standard InChI is InChI=1S/C22H23N3O2/c26-22(27)18-8-3-7-17(14-18)19-9-4-12-24(15-19)16-20-6-1-2-10-21(20)25-13-5-11-23-25/h1-3,5-8,10-11,13-14,19H,4,9,12,15-16H2,(H,26,27)/t19-/m0/s1. The lowest BCUT2D eigenvalue weighted by atomic mass is 9.89. The predicted molar refractivity (Wildman–Crippen MR) is 104 cm³/mol. The molecule has 1 aliphatic heterocycles. The van der Waals surface area contributed by atoms with Crippen molar-refractivity contribution >= 4 is 5.97 Å². The van der Waals surface area contributed by atoms with Crippen LogP contribution in [0.15, 0.2) is 67.0 Å². The summed E-state index contributed by atoms with van der Waals surface area (Å²) in [5.74, 6) is -0.493. The van der Waals surface area contributed by atoms with Gasteiger partial charge in [-0.05, 0) is 60.7 Å². The molecule has 27 heavy (non-hydrogen) atoms. The summed E-state index contributed by atoms with van der Waals surface area (Å²) in [5, 5.41) is 13.6. The van der Waals surface area contributed by atoms with Gasteiger partial charge in [0, 0.05) is 25.5 Å². The number of carboxylic acid groups (broad SMARTS) is 1. The highest BCUT2D eigenvalue weighted by atomic mass is 16.4.